The quantitative estimate of drug-likeness (QED) is 0.655. The summed E-state index contributed by atoms with van der Waals surface area (Å²) in [7, 11) is 0. The van der Waals surface area contributed by atoms with Crippen molar-refractivity contribution < 1.29 is 0 Å². The van der Waals surface area contributed by atoms with E-state index < -0.39 is 0 Å². The average Bonchev–Trinajstić information content (AvgIpc) is 2.40. The molecule has 0 fully saturated rings. The van der Waals surface area contributed by atoms with Crippen LogP contribution in [0.15, 0.2) is 53.5 Å². The minimum absolute atomic E-state index is 0.537. The number of halogens is 1. The molecule has 0 spiro atoms. The Morgan fingerprint density at radius 1 is 1.06 bits per heavy atom. The van der Waals surface area contributed by atoms with Gasteiger partial charge in [0.05, 0.1) is 5.69 Å². The molecule has 0 amide bonds. The van der Waals surface area contributed by atoms with Gasteiger partial charge in [0.1, 0.15) is 0 Å². The number of thioether (sulfide) groups is 1. The van der Waals surface area contributed by atoms with Gasteiger partial charge < -0.3 is 5.73 Å². The maximum atomic E-state index is 6.22. The van der Waals surface area contributed by atoms with Gasteiger partial charge in [-0.15, -0.1) is 0 Å². The van der Waals surface area contributed by atoms with Crippen LogP contribution in [0.2, 0.25) is 5.02 Å². The van der Waals surface area contributed by atoms with Crippen molar-refractivity contribution in [1.82, 2.24) is 0 Å². The van der Waals surface area contributed by atoms with Gasteiger partial charge in [-0.3, -0.25) is 0 Å². The molecular formula is C14H13ClN2S. The molecule has 2 rings (SSSR count). The number of nitrogens with zero attached hydrogens (tertiary/aromatic N) is 1. The molecule has 0 heterocycles. The van der Waals surface area contributed by atoms with Gasteiger partial charge in [0.2, 0.25) is 0 Å². The molecule has 4 heteroatoms. The zero-order valence-corrected chi connectivity index (χ0v) is 11.5. The standard InChI is InChI=1S/C14H13ClN2S/c1-18-14(16)17-13-9-5-3-7-11(13)10-6-2-4-8-12(10)15/h2-9H,1H3,(H2,16,17). The van der Waals surface area contributed by atoms with Crippen molar-refractivity contribution in [2.24, 2.45) is 10.7 Å². The highest BCUT2D eigenvalue weighted by molar-refractivity contribution is 8.13. The number of rotatable bonds is 2. The Balaban J connectivity index is 2.56. The minimum atomic E-state index is 0.537. The Kier molecular flexibility index (Phi) is 4.28. The first-order valence-corrected chi connectivity index (χ1v) is 7.04. The molecule has 0 aliphatic heterocycles. The largest absolute Gasteiger partial charge is 0.378 e. The molecule has 2 aromatic rings. The highest BCUT2D eigenvalue weighted by atomic mass is 35.5. The molecule has 0 saturated heterocycles. The van der Waals surface area contributed by atoms with Gasteiger partial charge in [-0.2, -0.15) is 0 Å². The van der Waals surface area contributed by atoms with Gasteiger partial charge in [0.15, 0.2) is 5.17 Å². The number of benzene rings is 2. The van der Waals surface area contributed by atoms with Gasteiger partial charge in [-0.05, 0) is 18.4 Å². The molecule has 0 bridgehead atoms. The summed E-state index contributed by atoms with van der Waals surface area (Å²) in [6.45, 7) is 0. The Morgan fingerprint density at radius 2 is 1.67 bits per heavy atom. The molecular weight excluding hydrogens is 264 g/mol. The number of hydrogen-bond donors (Lipinski definition) is 1. The lowest BCUT2D eigenvalue weighted by atomic mass is 10.0. The van der Waals surface area contributed by atoms with Gasteiger partial charge in [0.25, 0.3) is 0 Å². The van der Waals surface area contributed by atoms with Crippen LogP contribution in [0.4, 0.5) is 5.69 Å². The molecule has 0 atom stereocenters. The third-order valence-electron chi connectivity index (χ3n) is 2.51. The van der Waals surface area contributed by atoms with E-state index in [1.54, 1.807) is 0 Å². The summed E-state index contributed by atoms with van der Waals surface area (Å²) in [5.74, 6) is 0. The number of aliphatic imine (C=N–C) groups is 1. The summed E-state index contributed by atoms with van der Waals surface area (Å²) in [5, 5.41) is 1.25. The van der Waals surface area contributed by atoms with E-state index in [2.05, 4.69) is 4.99 Å². The van der Waals surface area contributed by atoms with Crippen molar-refractivity contribution in [1.29, 1.82) is 0 Å². The Morgan fingerprint density at radius 3 is 2.33 bits per heavy atom. The number of nitrogens with two attached hydrogens (primary N) is 1. The van der Waals surface area contributed by atoms with Crippen LogP contribution in [-0.2, 0) is 0 Å². The fourth-order valence-electron chi connectivity index (χ4n) is 1.64. The van der Waals surface area contributed by atoms with E-state index in [-0.39, 0.29) is 0 Å². The maximum Gasteiger partial charge on any atom is 0.158 e. The summed E-state index contributed by atoms with van der Waals surface area (Å²) in [6.07, 6.45) is 1.90. The number of hydrogen-bond acceptors (Lipinski definition) is 2. The van der Waals surface area contributed by atoms with Crippen molar-refractivity contribution >= 4 is 34.2 Å². The van der Waals surface area contributed by atoms with Crippen molar-refractivity contribution in [3.8, 4) is 11.1 Å². The predicted octanol–water partition coefficient (Wildman–Crippen LogP) is 4.32. The zero-order valence-electron chi connectivity index (χ0n) is 9.93. The van der Waals surface area contributed by atoms with Crippen LogP contribution in [0.5, 0.6) is 0 Å². The van der Waals surface area contributed by atoms with Crippen LogP contribution in [-0.4, -0.2) is 11.4 Å². The van der Waals surface area contributed by atoms with E-state index in [0.717, 1.165) is 16.8 Å². The molecule has 2 N–H and O–H groups in total. The first-order valence-electron chi connectivity index (χ1n) is 5.44. The lowest BCUT2D eigenvalue weighted by Crippen LogP contribution is -2.04. The van der Waals surface area contributed by atoms with Crippen molar-refractivity contribution in [2.45, 2.75) is 0 Å². The molecule has 0 saturated carbocycles. The van der Waals surface area contributed by atoms with Gasteiger partial charge in [-0.25, -0.2) is 4.99 Å². The number of para-hydroxylation sites is 1. The van der Waals surface area contributed by atoms with Gasteiger partial charge >= 0.3 is 0 Å². The predicted molar refractivity (Wildman–Crippen MR) is 81.7 cm³/mol. The third kappa shape index (κ3) is 2.86. The Bertz CT molecular complexity index is 582. The van der Waals surface area contributed by atoms with E-state index in [1.807, 2.05) is 54.8 Å². The van der Waals surface area contributed by atoms with Crippen LogP contribution >= 0.6 is 23.4 Å². The maximum absolute atomic E-state index is 6.22. The van der Waals surface area contributed by atoms with Crippen LogP contribution in [0.1, 0.15) is 0 Å². The number of amidine groups is 1. The highest BCUT2D eigenvalue weighted by Crippen LogP contribution is 2.34. The van der Waals surface area contributed by atoms with Crippen LogP contribution < -0.4 is 5.73 Å². The molecule has 2 nitrogen and oxygen atoms in total. The zero-order chi connectivity index (χ0) is 13.0. The molecule has 0 unspecified atom stereocenters. The van der Waals surface area contributed by atoms with Crippen molar-refractivity contribution in [2.75, 3.05) is 6.26 Å². The molecule has 0 aromatic heterocycles. The first kappa shape index (κ1) is 13.0. The lowest BCUT2D eigenvalue weighted by Gasteiger charge is -2.08. The summed E-state index contributed by atoms with van der Waals surface area (Å²) in [4.78, 5) is 4.39. The SMILES string of the molecule is CSC(N)=Nc1ccccc1-c1ccccc1Cl. The van der Waals surface area contributed by atoms with Crippen LogP contribution in [0.3, 0.4) is 0 Å². The summed E-state index contributed by atoms with van der Waals surface area (Å²) < 4.78 is 0. The molecule has 0 aliphatic rings. The van der Waals surface area contributed by atoms with Crippen molar-refractivity contribution in [3.63, 3.8) is 0 Å². The lowest BCUT2D eigenvalue weighted by molar-refractivity contribution is 1.49. The van der Waals surface area contributed by atoms with E-state index >= 15 is 0 Å². The molecule has 92 valence electrons. The van der Waals surface area contributed by atoms with E-state index in [1.165, 1.54) is 11.8 Å². The van der Waals surface area contributed by atoms with Crippen molar-refractivity contribution in [3.05, 3.63) is 53.6 Å². The second kappa shape index (κ2) is 5.94. The second-order valence-corrected chi connectivity index (χ2v) is 4.88. The molecule has 0 aliphatic carbocycles. The van der Waals surface area contributed by atoms with Crippen LogP contribution in [0.25, 0.3) is 11.1 Å². The summed E-state index contributed by atoms with van der Waals surface area (Å²) in [6, 6.07) is 15.5. The average molecular weight is 277 g/mol. The van der Waals surface area contributed by atoms with Gasteiger partial charge in [-0.1, -0.05) is 59.8 Å². The Hall–Kier alpha value is -1.45. The molecule has 0 radical (unpaired) electrons. The van der Waals surface area contributed by atoms with Gasteiger partial charge in [0, 0.05) is 16.1 Å². The third-order valence-corrected chi connectivity index (χ3v) is 3.35. The summed E-state index contributed by atoms with van der Waals surface area (Å²) >= 11 is 7.64. The fraction of sp³-hybridized carbons (Fsp3) is 0.0714. The monoisotopic (exact) mass is 276 g/mol. The summed E-state index contributed by atoms with van der Waals surface area (Å²) in [5.41, 5.74) is 8.55. The normalized spacial score (nSPS) is 11.6. The topological polar surface area (TPSA) is 38.4 Å². The van der Waals surface area contributed by atoms with E-state index in [0.29, 0.717) is 10.2 Å². The second-order valence-electron chi connectivity index (χ2n) is 3.65. The van der Waals surface area contributed by atoms with E-state index in [9.17, 15) is 0 Å². The molecule has 18 heavy (non-hydrogen) atoms. The minimum Gasteiger partial charge on any atom is -0.378 e. The smallest absolute Gasteiger partial charge is 0.158 e. The van der Waals surface area contributed by atoms with Crippen LogP contribution in [0, 0.1) is 0 Å². The Labute approximate surface area is 116 Å². The van der Waals surface area contributed by atoms with E-state index in [4.69, 9.17) is 17.3 Å². The fourth-order valence-corrected chi connectivity index (χ4v) is 2.07. The highest BCUT2D eigenvalue weighted by Gasteiger charge is 2.07. The molecule has 2 aromatic carbocycles. The first-order chi connectivity index (χ1) is 8.72.